The smallest absolute Gasteiger partial charge is 0.548 e. The van der Waals surface area contributed by atoms with E-state index in [4.69, 9.17) is 0 Å². The first-order valence-corrected chi connectivity index (χ1v) is 6.77. The second-order valence-corrected chi connectivity index (χ2v) is 4.91. The van der Waals surface area contributed by atoms with E-state index in [1.54, 1.807) is 6.20 Å². The fourth-order valence-corrected chi connectivity index (χ4v) is 2.16. The number of carbonyl (C=O) groups excluding carboxylic acids is 3. The average molecular weight is 325 g/mol. The minimum Gasteiger partial charge on any atom is -0.548 e. The van der Waals surface area contributed by atoms with E-state index < -0.39 is 17.9 Å². The number of hydrogen-bond acceptors (Lipinski definition) is 4. The van der Waals surface area contributed by atoms with E-state index in [9.17, 15) is 19.5 Å². The van der Waals surface area contributed by atoms with E-state index in [-0.39, 0.29) is 48.4 Å². The summed E-state index contributed by atoms with van der Waals surface area (Å²) in [5.41, 5.74) is 1.66. The number of aromatic amines is 1. The summed E-state index contributed by atoms with van der Waals surface area (Å²) >= 11 is 0. The summed E-state index contributed by atoms with van der Waals surface area (Å²) in [6.07, 6.45) is 1.80. The number of para-hydroxylation sites is 1. The Morgan fingerprint density at radius 3 is 2.61 bits per heavy atom. The third-order valence-corrected chi connectivity index (χ3v) is 3.22. The van der Waals surface area contributed by atoms with Crippen LogP contribution in [-0.2, 0) is 20.8 Å². The number of amides is 2. The summed E-state index contributed by atoms with van der Waals surface area (Å²) < 4.78 is 0. The van der Waals surface area contributed by atoms with Crippen LogP contribution in [0.1, 0.15) is 12.5 Å². The van der Waals surface area contributed by atoms with Gasteiger partial charge in [0.05, 0.1) is 18.6 Å². The van der Waals surface area contributed by atoms with Gasteiger partial charge >= 0.3 is 29.6 Å². The average Bonchev–Trinajstić information content (AvgIpc) is 2.87. The Bertz CT molecular complexity index is 714. The molecule has 2 aromatic rings. The summed E-state index contributed by atoms with van der Waals surface area (Å²) in [4.78, 5) is 36.6. The van der Waals surface area contributed by atoms with Crippen molar-refractivity contribution in [1.29, 1.82) is 0 Å². The molecule has 1 heterocycles. The fourth-order valence-electron chi connectivity index (χ4n) is 2.16. The molecule has 0 aliphatic rings. The predicted molar refractivity (Wildman–Crippen MR) is 77.6 cm³/mol. The van der Waals surface area contributed by atoms with E-state index in [0.717, 1.165) is 16.5 Å². The van der Waals surface area contributed by atoms with Crippen molar-refractivity contribution >= 4 is 28.7 Å². The van der Waals surface area contributed by atoms with Gasteiger partial charge < -0.3 is 25.5 Å². The van der Waals surface area contributed by atoms with Crippen LogP contribution < -0.4 is 45.3 Å². The molecule has 2 amide bonds. The predicted octanol–water partition coefficient (Wildman–Crippen LogP) is -3.91. The maximum atomic E-state index is 11.6. The zero-order chi connectivity index (χ0) is 16.1. The molecule has 0 saturated heterocycles. The van der Waals surface area contributed by atoms with Crippen LogP contribution in [0.3, 0.4) is 0 Å². The summed E-state index contributed by atoms with van der Waals surface area (Å²) in [5.74, 6) is -2.32. The van der Waals surface area contributed by atoms with E-state index in [2.05, 4.69) is 15.6 Å². The maximum Gasteiger partial charge on any atom is 1.00 e. The number of carbonyl (C=O) groups is 3. The topological polar surface area (TPSA) is 114 Å². The molecule has 23 heavy (non-hydrogen) atoms. The molecule has 0 aliphatic heterocycles. The Balaban J connectivity index is 0.00000264. The molecule has 0 aliphatic carbocycles. The molecule has 3 N–H and O–H groups in total. The molecular formula is C15H16N3NaO4. The first-order chi connectivity index (χ1) is 10.5. The van der Waals surface area contributed by atoms with Crippen molar-refractivity contribution in [1.82, 2.24) is 15.6 Å². The van der Waals surface area contributed by atoms with Crippen LogP contribution in [0.15, 0.2) is 30.5 Å². The number of aromatic nitrogens is 1. The number of benzene rings is 1. The van der Waals surface area contributed by atoms with E-state index >= 15 is 0 Å². The van der Waals surface area contributed by atoms with Gasteiger partial charge in [-0.25, -0.2) is 0 Å². The van der Waals surface area contributed by atoms with E-state index in [1.165, 1.54) is 6.92 Å². The van der Waals surface area contributed by atoms with Gasteiger partial charge in [-0.2, -0.15) is 0 Å². The zero-order valence-corrected chi connectivity index (χ0v) is 15.0. The van der Waals surface area contributed by atoms with E-state index in [1.807, 2.05) is 24.3 Å². The molecule has 1 atom stereocenters. The van der Waals surface area contributed by atoms with Crippen LogP contribution in [0, 0.1) is 0 Å². The number of carboxylic acids is 1. The van der Waals surface area contributed by atoms with Gasteiger partial charge in [0.1, 0.15) is 0 Å². The summed E-state index contributed by atoms with van der Waals surface area (Å²) in [6, 6.07) is 6.30. The molecule has 1 aromatic heterocycles. The molecule has 0 radical (unpaired) electrons. The number of fused-ring (bicyclic) bond motifs is 1. The van der Waals surface area contributed by atoms with Gasteiger partial charge in [0, 0.05) is 30.4 Å². The van der Waals surface area contributed by atoms with E-state index in [0.29, 0.717) is 0 Å². The van der Waals surface area contributed by atoms with Crippen molar-refractivity contribution in [3.8, 4) is 0 Å². The fraction of sp³-hybridized carbons (Fsp3) is 0.267. The molecule has 0 unspecified atom stereocenters. The van der Waals surface area contributed by atoms with Crippen LogP contribution in [0.25, 0.3) is 10.9 Å². The van der Waals surface area contributed by atoms with Crippen molar-refractivity contribution in [3.63, 3.8) is 0 Å². The number of rotatable bonds is 6. The Hall–Kier alpha value is -1.83. The second-order valence-electron chi connectivity index (χ2n) is 4.91. The summed E-state index contributed by atoms with van der Waals surface area (Å²) in [7, 11) is 0. The van der Waals surface area contributed by atoms with Crippen molar-refractivity contribution in [2.75, 3.05) is 6.54 Å². The number of nitrogens with one attached hydrogen (secondary N) is 3. The van der Waals surface area contributed by atoms with Gasteiger partial charge in [0.15, 0.2) is 0 Å². The van der Waals surface area contributed by atoms with Crippen LogP contribution in [0.4, 0.5) is 0 Å². The molecule has 0 bridgehead atoms. The standard InChI is InChI=1S/C15H17N3O4.Na/c1-9(19)16-8-14(20)18-13(15(21)22)6-10-7-17-12-5-3-2-4-11(10)12;/h2-5,7,13,17H,6,8H2,1H3,(H,16,19)(H,18,20)(H,21,22);/q;+1/p-1/t13-;/m0./s1. The number of H-pyrrole nitrogens is 1. The Kier molecular flexibility index (Phi) is 7.28. The number of hydrogen-bond donors (Lipinski definition) is 3. The molecule has 116 valence electrons. The molecule has 8 heteroatoms. The quantitative estimate of drug-likeness (QED) is 0.471. The van der Waals surface area contributed by atoms with Gasteiger partial charge in [-0.15, -0.1) is 0 Å². The van der Waals surface area contributed by atoms with Crippen molar-refractivity contribution in [2.24, 2.45) is 0 Å². The van der Waals surface area contributed by atoms with Crippen molar-refractivity contribution < 1.29 is 49.0 Å². The van der Waals surface area contributed by atoms with Gasteiger partial charge in [-0.1, -0.05) is 18.2 Å². The first kappa shape index (κ1) is 19.2. The third-order valence-electron chi connectivity index (χ3n) is 3.22. The van der Waals surface area contributed by atoms with Crippen LogP contribution in [0.2, 0.25) is 0 Å². The minimum absolute atomic E-state index is 0. The molecule has 0 fully saturated rings. The molecular weight excluding hydrogens is 309 g/mol. The Morgan fingerprint density at radius 2 is 1.96 bits per heavy atom. The summed E-state index contributed by atoms with van der Waals surface area (Å²) in [6.45, 7) is 1.00. The molecule has 7 nitrogen and oxygen atoms in total. The Labute approximate surface area is 155 Å². The van der Waals surface area contributed by atoms with Crippen LogP contribution >= 0.6 is 0 Å². The molecule has 1 aromatic carbocycles. The minimum atomic E-state index is -1.37. The SMILES string of the molecule is CC(=O)NCC(=O)N[C@@H](Cc1c[nH]c2ccccc12)C(=O)[O-].[Na+]. The zero-order valence-electron chi connectivity index (χ0n) is 13.0. The monoisotopic (exact) mass is 325 g/mol. The maximum absolute atomic E-state index is 11.6. The number of aliphatic carboxylic acids is 1. The molecule has 0 saturated carbocycles. The van der Waals surface area contributed by atoms with Crippen LogP contribution in [0.5, 0.6) is 0 Å². The third kappa shape index (κ3) is 5.38. The van der Waals surface area contributed by atoms with Crippen molar-refractivity contribution in [3.05, 3.63) is 36.0 Å². The van der Waals surface area contributed by atoms with Gasteiger partial charge in [-0.3, -0.25) is 9.59 Å². The van der Waals surface area contributed by atoms with Gasteiger partial charge in [-0.05, 0) is 11.6 Å². The second kappa shape index (κ2) is 8.71. The molecule has 2 rings (SSSR count). The largest absolute Gasteiger partial charge is 1.00 e. The summed E-state index contributed by atoms with van der Waals surface area (Å²) in [5, 5.41) is 16.8. The van der Waals surface area contributed by atoms with Crippen molar-refractivity contribution in [2.45, 2.75) is 19.4 Å². The Morgan fingerprint density at radius 1 is 1.26 bits per heavy atom. The normalized spacial score (nSPS) is 11.3. The van der Waals surface area contributed by atoms with Crippen LogP contribution in [-0.4, -0.2) is 35.4 Å². The van der Waals surface area contributed by atoms with Gasteiger partial charge in [0.2, 0.25) is 11.8 Å². The first-order valence-electron chi connectivity index (χ1n) is 6.77. The number of carboxylic acid groups (broad SMARTS) is 1. The molecule has 0 spiro atoms. The van der Waals surface area contributed by atoms with Gasteiger partial charge in [0.25, 0.3) is 0 Å².